The lowest BCUT2D eigenvalue weighted by Crippen LogP contribution is -2.54. The number of rotatable bonds is 29. The number of carbonyl (C=O) groups excluding carboxylic acids is 7. The number of carbonyl (C=O) groups is 7. The summed E-state index contributed by atoms with van der Waals surface area (Å²) < 4.78 is 11.7. The summed E-state index contributed by atoms with van der Waals surface area (Å²) in [6, 6.07) is -1.71. The molecule has 2 saturated heterocycles. The fourth-order valence-electron chi connectivity index (χ4n) is 9.31. The van der Waals surface area contributed by atoms with Crippen LogP contribution < -0.4 is 11.1 Å². The van der Waals surface area contributed by atoms with Gasteiger partial charge >= 0.3 is 0 Å². The van der Waals surface area contributed by atoms with E-state index in [0.717, 1.165) is 19.3 Å². The van der Waals surface area contributed by atoms with Crippen LogP contribution in [0.5, 0.6) is 0 Å². The quantitative estimate of drug-likeness (QED) is 0.0457. The fraction of sp³-hybridized carbons (Fsp3) is 0.750. The number of imide groups is 1. The number of allylic oxidation sites excluding steroid dienone is 2. The number of thioether (sulfide) groups is 1. The maximum atomic E-state index is 13.8. The first kappa shape index (κ1) is 63.0. The zero-order valence-corrected chi connectivity index (χ0v) is 45.3. The van der Waals surface area contributed by atoms with Gasteiger partial charge < -0.3 is 40.3 Å². The molecule has 69 heavy (non-hydrogen) atoms. The van der Waals surface area contributed by atoms with E-state index in [2.05, 4.69) is 32.3 Å². The number of likely N-dealkylation sites (tertiary alicyclic amines) is 2. The first-order valence-corrected chi connectivity index (χ1v) is 25.9. The molecule has 0 spiro atoms. The molecule has 4 N–H and O–H groups in total. The van der Waals surface area contributed by atoms with E-state index in [4.69, 9.17) is 15.2 Å². The molecule has 0 radical (unpaired) electrons. The Kier molecular flexibility index (Phi) is 28.6. The number of nitrogens with two attached hydrogens (primary N) is 1. The van der Waals surface area contributed by atoms with Gasteiger partial charge in [0.25, 0.3) is 0 Å². The minimum Gasteiger partial charge on any atom is -0.386 e. The molecule has 0 aromatic rings. The van der Waals surface area contributed by atoms with E-state index in [9.17, 15) is 38.7 Å². The largest absolute Gasteiger partial charge is 0.386 e. The Morgan fingerprint density at radius 3 is 2.07 bits per heavy atom. The van der Waals surface area contributed by atoms with Crippen molar-refractivity contribution in [2.24, 2.45) is 29.4 Å². The third-order valence-electron chi connectivity index (χ3n) is 13.3. The molecule has 2 heterocycles. The second-order valence-corrected chi connectivity index (χ2v) is 21.5. The zero-order valence-electron chi connectivity index (χ0n) is 44.5. The van der Waals surface area contributed by atoms with Gasteiger partial charge in [-0.2, -0.15) is 0 Å². The molecule has 7 amide bonds. The van der Waals surface area contributed by atoms with E-state index < -0.39 is 42.2 Å². The minimum absolute atomic E-state index is 0.0414. The maximum absolute atomic E-state index is 13.8. The first-order valence-electron chi connectivity index (χ1n) is 24.9. The average molecular weight is 991 g/mol. The predicted octanol–water partition coefficient (Wildman–Crippen LogP) is 5.90. The Balaban J connectivity index is 0.000000758. The van der Waals surface area contributed by atoms with Gasteiger partial charge in [0.15, 0.2) is 0 Å². The second-order valence-electron chi connectivity index (χ2n) is 19.8. The number of unbranched alkanes of at least 4 members (excludes halogenated alkanes) is 2. The third kappa shape index (κ3) is 19.2. The first-order chi connectivity index (χ1) is 32.3. The van der Waals surface area contributed by atoms with Crippen molar-refractivity contribution in [1.82, 2.24) is 24.9 Å². The summed E-state index contributed by atoms with van der Waals surface area (Å²) in [5.41, 5.74) is 5.94. The van der Waals surface area contributed by atoms with E-state index in [1.165, 1.54) is 27.6 Å². The van der Waals surface area contributed by atoms with Crippen molar-refractivity contribution in [3.8, 4) is 0 Å². The number of primary amides is 1. The number of amides is 7. The summed E-state index contributed by atoms with van der Waals surface area (Å²) in [5.74, 6) is -1.37. The van der Waals surface area contributed by atoms with Crippen LogP contribution in [0.2, 0.25) is 0 Å². The van der Waals surface area contributed by atoms with Gasteiger partial charge in [-0.25, -0.2) is 0 Å². The molecule has 17 heteroatoms. The lowest BCUT2D eigenvalue weighted by molar-refractivity contribution is -0.146. The molecule has 394 valence electrons. The lowest BCUT2D eigenvalue weighted by atomic mass is 9.90. The van der Waals surface area contributed by atoms with Crippen molar-refractivity contribution in [2.45, 2.75) is 186 Å². The van der Waals surface area contributed by atoms with Crippen LogP contribution in [-0.4, -0.2) is 160 Å². The zero-order chi connectivity index (χ0) is 52.9. The van der Waals surface area contributed by atoms with Crippen LogP contribution >= 0.6 is 11.8 Å². The molecule has 0 aromatic heterocycles. The van der Waals surface area contributed by atoms with Crippen molar-refractivity contribution in [2.75, 3.05) is 41.4 Å². The monoisotopic (exact) mass is 991 g/mol. The summed E-state index contributed by atoms with van der Waals surface area (Å²) in [4.78, 5) is 94.5. The Labute approximate surface area is 418 Å². The molecule has 2 aliphatic rings. The van der Waals surface area contributed by atoms with Crippen LogP contribution in [0.25, 0.3) is 0 Å². The highest BCUT2D eigenvalue weighted by Crippen LogP contribution is 2.31. The molecule has 10 unspecified atom stereocenters. The normalized spacial score (nSPS) is 19.8. The van der Waals surface area contributed by atoms with Crippen LogP contribution in [0.1, 0.15) is 133 Å². The lowest BCUT2D eigenvalue weighted by Gasteiger charge is -2.39. The molecule has 0 aliphatic carbocycles. The van der Waals surface area contributed by atoms with Gasteiger partial charge in [0.1, 0.15) is 6.04 Å². The number of ether oxygens (including phenoxy) is 2. The van der Waals surface area contributed by atoms with Crippen LogP contribution in [0, 0.1) is 23.7 Å². The predicted molar refractivity (Wildman–Crippen MR) is 275 cm³/mol. The van der Waals surface area contributed by atoms with Crippen molar-refractivity contribution < 1.29 is 48.1 Å². The van der Waals surface area contributed by atoms with Crippen LogP contribution in [0.3, 0.4) is 0 Å². The highest BCUT2D eigenvalue weighted by Gasteiger charge is 2.43. The smallest absolute Gasteiger partial charge is 0.242 e. The number of nitrogens with one attached hydrogen (secondary N) is 1. The van der Waals surface area contributed by atoms with Gasteiger partial charge in [0, 0.05) is 60.7 Å². The van der Waals surface area contributed by atoms with Crippen LogP contribution in [-0.2, 0) is 43.0 Å². The van der Waals surface area contributed by atoms with E-state index in [0.29, 0.717) is 56.0 Å². The highest BCUT2D eigenvalue weighted by atomic mass is 32.2. The Morgan fingerprint density at radius 1 is 0.928 bits per heavy atom. The number of aliphatic hydroxyl groups is 1. The van der Waals surface area contributed by atoms with Crippen LogP contribution in [0.4, 0.5) is 0 Å². The number of likely N-dealkylation sites (N-methyl/N-ethyl adjacent to an activating group) is 2. The Bertz CT molecular complexity index is 1740. The molecular weight excluding hydrogens is 901 g/mol. The van der Waals surface area contributed by atoms with Gasteiger partial charge in [-0.05, 0) is 61.2 Å². The van der Waals surface area contributed by atoms with Gasteiger partial charge in [0.05, 0.1) is 54.0 Å². The molecular formula is C52H90N6O10S. The van der Waals surface area contributed by atoms with Gasteiger partial charge in [0.2, 0.25) is 41.4 Å². The maximum Gasteiger partial charge on any atom is 0.242 e. The summed E-state index contributed by atoms with van der Waals surface area (Å²) in [7, 11) is 6.56. The van der Waals surface area contributed by atoms with E-state index >= 15 is 0 Å². The molecule has 0 aromatic carbocycles. The average Bonchev–Trinajstić information content (AvgIpc) is 3.87. The van der Waals surface area contributed by atoms with Gasteiger partial charge in [-0.15, -0.1) is 11.8 Å². The van der Waals surface area contributed by atoms with Crippen molar-refractivity contribution >= 4 is 53.1 Å². The number of aliphatic hydroxyl groups excluding tert-OH is 1. The van der Waals surface area contributed by atoms with Crippen molar-refractivity contribution in [1.29, 1.82) is 0 Å². The molecule has 2 aliphatic heterocycles. The number of hydrogen-bond acceptors (Lipinski definition) is 11. The number of hydrogen-bond donors (Lipinski definition) is 3. The van der Waals surface area contributed by atoms with E-state index in [-0.39, 0.29) is 83.4 Å². The molecule has 10 atom stereocenters. The standard InChI is InChI=1S/C33H57N3O6.C19H33N3O4S/c1-12-16-25(14-3)31(39)24(8)34-33(40)23(7)32(42-11)26-17-15-18-36(26)29(38)20-27(41-10)30(22(6)13-2)35(9)28(37)19-21(4)5;1-12(2)17(18(20)25)21(5)15(23)9-7-6-8-10-22-16(24)11-14(19(22)26)27-13(3)4/h12,14,16,21-24,26-27,30-32,39H,1,3,13,15,17-20H2,2,4-11H3,(H,34,40);12-14,17H,6-11H2,1-5H3,(H2,20,25)/b25-16+;. The number of nitrogens with zero attached hydrogens (tertiary/aromatic N) is 4. The molecule has 0 bridgehead atoms. The Morgan fingerprint density at radius 2 is 1.57 bits per heavy atom. The van der Waals surface area contributed by atoms with E-state index in [1.807, 2.05) is 46.4 Å². The van der Waals surface area contributed by atoms with Crippen molar-refractivity contribution in [3.63, 3.8) is 0 Å². The van der Waals surface area contributed by atoms with Crippen molar-refractivity contribution in [3.05, 3.63) is 37.0 Å². The van der Waals surface area contributed by atoms with Gasteiger partial charge in [-0.3, -0.25) is 38.5 Å². The SMILES string of the molecule is C=C/C=C(\C=C)C(O)C(C)NC(=O)C(C)C(OC)C1CCCN1C(=O)CC(OC)C(C(C)CC)N(C)C(=O)CC(C)C.CC(C)SC1CC(=O)N(CCCCCC(=O)N(C)C(C(N)=O)C(C)C)C1=O. The topological polar surface area (TPSA) is 209 Å². The minimum atomic E-state index is -0.947. The van der Waals surface area contributed by atoms with Gasteiger partial charge in [-0.1, -0.05) is 107 Å². The Hall–Kier alpha value is -4.06. The number of methoxy groups -OCH3 is 2. The molecule has 0 saturated carbocycles. The summed E-state index contributed by atoms with van der Waals surface area (Å²) in [5, 5.41) is 13.6. The summed E-state index contributed by atoms with van der Waals surface area (Å²) in [6.07, 6.45) is 8.38. The second kappa shape index (κ2) is 31.3. The summed E-state index contributed by atoms with van der Waals surface area (Å²) >= 11 is 1.54. The molecule has 2 fully saturated rings. The highest BCUT2D eigenvalue weighted by molar-refractivity contribution is 8.01. The fourth-order valence-corrected chi connectivity index (χ4v) is 10.4. The van der Waals surface area contributed by atoms with Crippen LogP contribution in [0.15, 0.2) is 37.0 Å². The van der Waals surface area contributed by atoms with E-state index in [1.54, 1.807) is 59.2 Å². The third-order valence-corrected chi connectivity index (χ3v) is 14.5. The summed E-state index contributed by atoms with van der Waals surface area (Å²) in [6.45, 7) is 27.8. The molecule has 16 nitrogen and oxygen atoms in total. The molecule has 2 rings (SSSR count).